The molecule has 2 aromatic rings. The molecule has 7 nitrogen and oxygen atoms in total. The number of carbonyl (C=O) groups is 3. The first-order valence-corrected chi connectivity index (χ1v) is 8.20. The zero-order chi connectivity index (χ0) is 19.8. The topological polar surface area (TPSA) is 105 Å². The van der Waals surface area contributed by atoms with E-state index in [4.69, 9.17) is 21.4 Å². The average Bonchev–Trinajstić information content (AvgIpc) is 2.66. The second-order valence-corrected chi connectivity index (χ2v) is 5.75. The molecule has 0 aliphatic rings. The minimum atomic E-state index is -1.20. The van der Waals surface area contributed by atoms with Gasteiger partial charge in [-0.3, -0.25) is 14.4 Å². The van der Waals surface area contributed by atoms with Crippen LogP contribution >= 0.6 is 11.6 Å². The van der Waals surface area contributed by atoms with Crippen LogP contribution in [-0.2, 0) is 9.59 Å². The van der Waals surface area contributed by atoms with Gasteiger partial charge in [0.15, 0.2) is 0 Å². The molecule has 0 aliphatic heterocycles. The summed E-state index contributed by atoms with van der Waals surface area (Å²) in [5, 5.41) is 13.7. The van der Waals surface area contributed by atoms with E-state index in [2.05, 4.69) is 10.6 Å². The first-order chi connectivity index (χ1) is 12.9. The Morgan fingerprint density at radius 1 is 1.11 bits per heavy atom. The highest BCUT2D eigenvalue weighted by molar-refractivity contribution is 6.34. The van der Waals surface area contributed by atoms with Crippen LogP contribution in [0.3, 0.4) is 0 Å². The number of hydrogen-bond acceptors (Lipinski definition) is 4. The molecule has 2 amide bonds. The van der Waals surface area contributed by atoms with Crippen molar-refractivity contribution < 1.29 is 24.2 Å². The van der Waals surface area contributed by atoms with E-state index in [0.717, 1.165) is 0 Å². The molecule has 0 saturated carbocycles. The van der Waals surface area contributed by atoms with E-state index in [0.29, 0.717) is 11.3 Å². The Morgan fingerprint density at radius 2 is 1.78 bits per heavy atom. The molecule has 0 bridgehead atoms. The Kier molecular flexibility index (Phi) is 6.96. The van der Waals surface area contributed by atoms with Gasteiger partial charge in [0.05, 0.1) is 17.7 Å². The molecule has 0 aliphatic carbocycles. The SMILES string of the molecule is COc1ccc(/C=C(\NC(=O)c2ccccc2Cl)C(=O)NCC(=O)O)cc1. The fourth-order valence-corrected chi connectivity index (χ4v) is 2.33. The highest BCUT2D eigenvalue weighted by Crippen LogP contribution is 2.16. The third-order valence-electron chi connectivity index (χ3n) is 3.44. The smallest absolute Gasteiger partial charge is 0.322 e. The summed E-state index contributed by atoms with van der Waals surface area (Å²) >= 11 is 6.01. The summed E-state index contributed by atoms with van der Waals surface area (Å²) in [6.07, 6.45) is 1.42. The van der Waals surface area contributed by atoms with Crippen molar-refractivity contribution in [2.75, 3.05) is 13.7 Å². The first-order valence-electron chi connectivity index (χ1n) is 7.82. The highest BCUT2D eigenvalue weighted by atomic mass is 35.5. The molecule has 0 fully saturated rings. The molecule has 0 saturated heterocycles. The highest BCUT2D eigenvalue weighted by Gasteiger charge is 2.17. The van der Waals surface area contributed by atoms with Crippen molar-refractivity contribution in [3.63, 3.8) is 0 Å². The van der Waals surface area contributed by atoms with Gasteiger partial charge >= 0.3 is 5.97 Å². The summed E-state index contributed by atoms with van der Waals surface area (Å²) in [6, 6.07) is 13.1. The Hall–Kier alpha value is -3.32. The number of carboxylic acid groups (broad SMARTS) is 1. The third-order valence-corrected chi connectivity index (χ3v) is 3.77. The van der Waals surface area contributed by atoms with Crippen molar-refractivity contribution in [3.8, 4) is 5.75 Å². The Labute approximate surface area is 160 Å². The maximum absolute atomic E-state index is 12.5. The molecular formula is C19H17ClN2O5. The molecule has 2 aromatic carbocycles. The van der Waals surface area contributed by atoms with Crippen LogP contribution in [0.4, 0.5) is 0 Å². The van der Waals surface area contributed by atoms with E-state index in [9.17, 15) is 14.4 Å². The molecule has 27 heavy (non-hydrogen) atoms. The third kappa shape index (κ3) is 5.86. The van der Waals surface area contributed by atoms with Gasteiger partial charge in [-0.15, -0.1) is 0 Å². The number of amides is 2. The van der Waals surface area contributed by atoms with Crippen molar-refractivity contribution in [2.45, 2.75) is 0 Å². The lowest BCUT2D eigenvalue weighted by atomic mass is 10.1. The molecule has 0 spiro atoms. The number of rotatable bonds is 7. The fourth-order valence-electron chi connectivity index (χ4n) is 2.11. The zero-order valence-corrected chi connectivity index (χ0v) is 15.1. The molecule has 0 radical (unpaired) electrons. The molecule has 3 N–H and O–H groups in total. The molecule has 8 heteroatoms. The maximum atomic E-state index is 12.5. The standard InChI is InChI=1S/C19H17ClN2O5/c1-27-13-8-6-12(7-9-13)10-16(19(26)21-11-17(23)24)22-18(25)14-4-2-3-5-15(14)20/h2-10H,11H2,1H3,(H,21,26)(H,22,25)(H,23,24)/b16-10-. The summed E-state index contributed by atoms with van der Waals surface area (Å²) in [5.41, 5.74) is 0.674. The van der Waals surface area contributed by atoms with Crippen molar-refractivity contribution >= 4 is 35.5 Å². The van der Waals surface area contributed by atoms with Crippen LogP contribution in [0.15, 0.2) is 54.2 Å². The number of carbonyl (C=O) groups excluding carboxylic acids is 2. The van der Waals surface area contributed by atoms with Crippen molar-refractivity contribution in [1.29, 1.82) is 0 Å². The van der Waals surface area contributed by atoms with Gasteiger partial charge in [-0.05, 0) is 35.9 Å². The molecular weight excluding hydrogens is 372 g/mol. The molecule has 2 rings (SSSR count). The summed E-state index contributed by atoms with van der Waals surface area (Å²) in [5.74, 6) is -1.91. The quantitative estimate of drug-likeness (QED) is 0.631. The average molecular weight is 389 g/mol. The largest absolute Gasteiger partial charge is 0.497 e. The normalized spacial score (nSPS) is 10.8. The van der Waals surface area contributed by atoms with Crippen LogP contribution in [0.5, 0.6) is 5.75 Å². The van der Waals surface area contributed by atoms with Gasteiger partial charge in [-0.2, -0.15) is 0 Å². The summed E-state index contributed by atoms with van der Waals surface area (Å²) in [6.45, 7) is -0.583. The van der Waals surface area contributed by atoms with Crippen molar-refractivity contribution in [1.82, 2.24) is 10.6 Å². The zero-order valence-electron chi connectivity index (χ0n) is 14.4. The molecule has 0 heterocycles. The maximum Gasteiger partial charge on any atom is 0.322 e. The van der Waals surface area contributed by atoms with Gasteiger partial charge in [0.1, 0.15) is 18.0 Å². The lowest BCUT2D eigenvalue weighted by Crippen LogP contribution is -2.37. The number of methoxy groups -OCH3 is 1. The minimum Gasteiger partial charge on any atom is -0.497 e. The van der Waals surface area contributed by atoms with Crippen molar-refractivity contribution in [3.05, 3.63) is 70.4 Å². The lowest BCUT2D eigenvalue weighted by molar-refractivity contribution is -0.137. The Morgan fingerprint density at radius 3 is 2.37 bits per heavy atom. The van der Waals surface area contributed by atoms with E-state index >= 15 is 0 Å². The number of aliphatic carboxylic acids is 1. The van der Waals surface area contributed by atoms with Crippen LogP contribution in [0.2, 0.25) is 5.02 Å². The monoisotopic (exact) mass is 388 g/mol. The van der Waals surface area contributed by atoms with Crippen LogP contribution in [0.25, 0.3) is 6.08 Å². The second kappa shape index (κ2) is 9.40. The van der Waals surface area contributed by atoms with Crippen LogP contribution in [-0.4, -0.2) is 36.5 Å². The molecule has 0 unspecified atom stereocenters. The van der Waals surface area contributed by atoms with Gasteiger partial charge in [0.2, 0.25) is 0 Å². The number of hydrogen-bond donors (Lipinski definition) is 3. The summed E-state index contributed by atoms with van der Waals surface area (Å²) < 4.78 is 5.07. The van der Waals surface area contributed by atoms with E-state index in [1.54, 1.807) is 42.5 Å². The lowest BCUT2D eigenvalue weighted by Gasteiger charge is -2.11. The summed E-state index contributed by atoms with van der Waals surface area (Å²) in [4.78, 5) is 35.5. The van der Waals surface area contributed by atoms with E-state index in [1.165, 1.54) is 19.3 Å². The van der Waals surface area contributed by atoms with Crippen LogP contribution in [0.1, 0.15) is 15.9 Å². The van der Waals surface area contributed by atoms with Crippen LogP contribution in [0, 0.1) is 0 Å². The predicted octanol–water partition coefficient (Wildman–Crippen LogP) is 2.32. The van der Waals surface area contributed by atoms with E-state index < -0.39 is 24.3 Å². The molecule has 0 aromatic heterocycles. The Balaban J connectivity index is 2.29. The Bertz CT molecular complexity index is 878. The fraction of sp³-hybridized carbons (Fsp3) is 0.105. The number of nitrogens with one attached hydrogen (secondary N) is 2. The van der Waals surface area contributed by atoms with Gasteiger partial charge in [-0.1, -0.05) is 35.9 Å². The van der Waals surface area contributed by atoms with Gasteiger partial charge < -0.3 is 20.5 Å². The number of ether oxygens (including phenoxy) is 1. The van der Waals surface area contributed by atoms with Gasteiger partial charge in [-0.25, -0.2) is 0 Å². The predicted molar refractivity (Wildman–Crippen MR) is 101 cm³/mol. The second-order valence-electron chi connectivity index (χ2n) is 5.34. The number of benzene rings is 2. The van der Waals surface area contributed by atoms with Gasteiger partial charge in [0, 0.05) is 0 Å². The van der Waals surface area contributed by atoms with E-state index in [-0.39, 0.29) is 16.3 Å². The number of carboxylic acids is 1. The van der Waals surface area contributed by atoms with Gasteiger partial charge in [0.25, 0.3) is 11.8 Å². The molecule has 140 valence electrons. The van der Waals surface area contributed by atoms with Crippen LogP contribution < -0.4 is 15.4 Å². The molecule has 0 atom stereocenters. The summed E-state index contributed by atoms with van der Waals surface area (Å²) in [7, 11) is 1.53. The van der Waals surface area contributed by atoms with E-state index in [1.807, 2.05) is 0 Å². The number of halogens is 1. The first kappa shape index (κ1) is 20.0. The van der Waals surface area contributed by atoms with Crippen molar-refractivity contribution in [2.24, 2.45) is 0 Å². The minimum absolute atomic E-state index is 0.119.